The highest BCUT2D eigenvalue weighted by Crippen LogP contribution is 2.16. The van der Waals surface area contributed by atoms with Gasteiger partial charge in [-0.25, -0.2) is 9.48 Å². The lowest BCUT2D eigenvalue weighted by atomic mass is 10.3. The van der Waals surface area contributed by atoms with Gasteiger partial charge in [-0.3, -0.25) is 10.1 Å². The van der Waals surface area contributed by atoms with Crippen molar-refractivity contribution in [1.29, 1.82) is 0 Å². The number of nitro groups is 1. The topological polar surface area (TPSA) is 102 Å². The molecule has 2 aromatic carbocycles. The van der Waals surface area contributed by atoms with Crippen LogP contribution in [-0.2, 0) is 6.54 Å². The average molecular weight is 337 g/mol. The van der Waals surface area contributed by atoms with Crippen LogP contribution in [0.3, 0.4) is 0 Å². The number of para-hydroxylation sites is 1. The molecule has 2 N–H and O–H groups in total. The summed E-state index contributed by atoms with van der Waals surface area (Å²) in [5.74, 6) is 0. The van der Waals surface area contributed by atoms with E-state index in [9.17, 15) is 14.9 Å². The van der Waals surface area contributed by atoms with Crippen molar-refractivity contribution in [2.75, 3.05) is 5.32 Å². The van der Waals surface area contributed by atoms with Crippen molar-refractivity contribution >= 4 is 17.4 Å². The predicted octanol–water partition coefficient (Wildman–Crippen LogP) is 3.10. The first-order valence-corrected chi connectivity index (χ1v) is 7.51. The SMILES string of the molecule is O=C(NCc1ccn(-c2ccccc2)n1)Nc1cccc([N+](=O)[O-])c1. The monoisotopic (exact) mass is 337 g/mol. The molecular formula is C17H15N5O3. The normalized spacial score (nSPS) is 10.2. The van der Waals surface area contributed by atoms with Gasteiger partial charge in [0, 0.05) is 24.0 Å². The fourth-order valence-corrected chi connectivity index (χ4v) is 2.22. The molecule has 1 heterocycles. The lowest BCUT2D eigenvalue weighted by Crippen LogP contribution is -2.28. The minimum atomic E-state index is -0.515. The van der Waals surface area contributed by atoms with Crippen molar-refractivity contribution in [1.82, 2.24) is 15.1 Å². The fraction of sp³-hybridized carbons (Fsp3) is 0.0588. The maximum absolute atomic E-state index is 11.9. The lowest BCUT2D eigenvalue weighted by Gasteiger charge is -2.06. The van der Waals surface area contributed by atoms with Gasteiger partial charge in [0.1, 0.15) is 0 Å². The van der Waals surface area contributed by atoms with Gasteiger partial charge in [0.05, 0.1) is 22.8 Å². The molecule has 126 valence electrons. The highest BCUT2D eigenvalue weighted by atomic mass is 16.6. The van der Waals surface area contributed by atoms with E-state index in [1.807, 2.05) is 36.5 Å². The van der Waals surface area contributed by atoms with Gasteiger partial charge < -0.3 is 10.6 Å². The van der Waals surface area contributed by atoms with Crippen LogP contribution in [0.15, 0.2) is 66.9 Å². The van der Waals surface area contributed by atoms with Crippen LogP contribution in [0.5, 0.6) is 0 Å². The van der Waals surface area contributed by atoms with E-state index in [-0.39, 0.29) is 12.2 Å². The third kappa shape index (κ3) is 4.20. The fourth-order valence-electron chi connectivity index (χ4n) is 2.22. The number of non-ortho nitro benzene ring substituents is 1. The molecule has 3 rings (SSSR count). The first kappa shape index (κ1) is 16.2. The summed E-state index contributed by atoms with van der Waals surface area (Å²) in [6.07, 6.45) is 1.81. The Morgan fingerprint density at radius 3 is 2.68 bits per heavy atom. The number of carbonyl (C=O) groups excluding carboxylic acids is 1. The van der Waals surface area contributed by atoms with Crippen LogP contribution in [-0.4, -0.2) is 20.7 Å². The second-order valence-corrected chi connectivity index (χ2v) is 5.20. The molecule has 0 unspecified atom stereocenters. The zero-order valence-corrected chi connectivity index (χ0v) is 13.1. The third-order valence-electron chi connectivity index (χ3n) is 3.41. The minimum Gasteiger partial charge on any atom is -0.332 e. The Hall–Kier alpha value is -3.68. The van der Waals surface area contributed by atoms with E-state index in [4.69, 9.17) is 0 Å². The van der Waals surface area contributed by atoms with E-state index < -0.39 is 11.0 Å². The molecule has 3 aromatic rings. The summed E-state index contributed by atoms with van der Waals surface area (Å²) in [7, 11) is 0. The number of anilines is 1. The maximum atomic E-state index is 11.9. The van der Waals surface area contributed by atoms with Crippen LogP contribution in [0, 0.1) is 10.1 Å². The van der Waals surface area contributed by atoms with Crippen LogP contribution in [0.25, 0.3) is 5.69 Å². The molecular weight excluding hydrogens is 322 g/mol. The number of hydrogen-bond acceptors (Lipinski definition) is 4. The molecule has 8 nitrogen and oxygen atoms in total. The lowest BCUT2D eigenvalue weighted by molar-refractivity contribution is -0.384. The third-order valence-corrected chi connectivity index (χ3v) is 3.41. The first-order valence-electron chi connectivity index (χ1n) is 7.51. The van der Waals surface area contributed by atoms with Crippen LogP contribution in [0.4, 0.5) is 16.2 Å². The van der Waals surface area contributed by atoms with E-state index >= 15 is 0 Å². The van der Waals surface area contributed by atoms with Crippen molar-refractivity contribution < 1.29 is 9.72 Å². The summed E-state index contributed by atoms with van der Waals surface area (Å²) in [4.78, 5) is 22.1. The number of aromatic nitrogens is 2. The summed E-state index contributed by atoms with van der Waals surface area (Å²) >= 11 is 0. The molecule has 8 heteroatoms. The van der Waals surface area contributed by atoms with E-state index in [0.29, 0.717) is 11.4 Å². The number of benzene rings is 2. The standard InChI is InChI=1S/C17H15N5O3/c23-17(19-13-5-4-8-16(11-13)22(24)25)18-12-14-9-10-21(20-14)15-6-2-1-3-7-15/h1-11H,12H2,(H2,18,19,23). The Morgan fingerprint density at radius 2 is 1.92 bits per heavy atom. The number of hydrogen-bond donors (Lipinski definition) is 2. The molecule has 0 radical (unpaired) electrons. The van der Waals surface area contributed by atoms with Crippen LogP contribution in [0.2, 0.25) is 0 Å². The van der Waals surface area contributed by atoms with Gasteiger partial charge in [0.25, 0.3) is 5.69 Å². The number of urea groups is 1. The summed E-state index contributed by atoms with van der Waals surface area (Å²) in [5, 5.41) is 20.3. The molecule has 2 amide bonds. The number of amides is 2. The summed E-state index contributed by atoms with van der Waals surface area (Å²) < 4.78 is 1.72. The van der Waals surface area contributed by atoms with Gasteiger partial charge in [-0.15, -0.1) is 0 Å². The molecule has 0 aliphatic heterocycles. The second-order valence-electron chi connectivity index (χ2n) is 5.20. The van der Waals surface area contributed by atoms with Crippen molar-refractivity contribution in [2.24, 2.45) is 0 Å². The molecule has 0 aliphatic carbocycles. The number of nitrogens with zero attached hydrogens (tertiary/aromatic N) is 3. The Kier molecular flexibility index (Phi) is 4.70. The van der Waals surface area contributed by atoms with Gasteiger partial charge >= 0.3 is 6.03 Å². The summed E-state index contributed by atoms with van der Waals surface area (Å²) in [6.45, 7) is 0.237. The Bertz CT molecular complexity index is 892. The van der Waals surface area contributed by atoms with Crippen LogP contribution >= 0.6 is 0 Å². The van der Waals surface area contributed by atoms with E-state index in [0.717, 1.165) is 5.69 Å². The molecule has 0 bridgehead atoms. The average Bonchev–Trinajstić information content (AvgIpc) is 3.10. The largest absolute Gasteiger partial charge is 0.332 e. The van der Waals surface area contributed by atoms with E-state index in [1.165, 1.54) is 18.2 Å². The van der Waals surface area contributed by atoms with Gasteiger partial charge in [-0.05, 0) is 24.3 Å². The van der Waals surface area contributed by atoms with Gasteiger partial charge in [-0.1, -0.05) is 24.3 Å². The van der Waals surface area contributed by atoms with Crippen molar-refractivity contribution in [3.63, 3.8) is 0 Å². The number of rotatable bonds is 5. The number of nitrogens with one attached hydrogen (secondary N) is 2. The highest BCUT2D eigenvalue weighted by molar-refractivity contribution is 5.89. The molecule has 0 atom stereocenters. The Balaban J connectivity index is 1.57. The zero-order valence-electron chi connectivity index (χ0n) is 13.1. The van der Waals surface area contributed by atoms with Crippen molar-refractivity contribution in [3.05, 3.63) is 82.7 Å². The zero-order chi connectivity index (χ0) is 17.6. The summed E-state index contributed by atoms with van der Waals surface area (Å²) in [5.41, 5.74) is 1.88. The molecule has 0 fully saturated rings. The Labute approximate surface area is 143 Å². The minimum absolute atomic E-state index is 0.0839. The van der Waals surface area contributed by atoms with Gasteiger partial charge in [-0.2, -0.15) is 5.10 Å². The van der Waals surface area contributed by atoms with E-state index in [2.05, 4.69) is 15.7 Å². The van der Waals surface area contributed by atoms with Gasteiger partial charge in [0.2, 0.25) is 0 Å². The van der Waals surface area contributed by atoms with Crippen LogP contribution < -0.4 is 10.6 Å². The van der Waals surface area contributed by atoms with Gasteiger partial charge in [0.15, 0.2) is 0 Å². The maximum Gasteiger partial charge on any atom is 0.319 e. The van der Waals surface area contributed by atoms with Crippen LogP contribution in [0.1, 0.15) is 5.69 Å². The molecule has 1 aromatic heterocycles. The molecule has 0 aliphatic rings. The summed E-state index contributed by atoms with van der Waals surface area (Å²) in [6, 6.07) is 16.7. The first-order chi connectivity index (χ1) is 12.1. The van der Waals surface area contributed by atoms with Crippen molar-refractivity contribution in [3.8, 4) is 5.69 Å². The molecule has 0 spiro atoms. The predicted molar refractivity (Wildman–Crippen MR) is 92.5 cm³/mol. The van der Waals surface area contributed by atoms with E-state index in [1.54, 1.807) is 16.8 Å². The quantitative estimate of drug-likeness (QED) is 0.551. The number of nitro benzene ring substituents is 1. The Morgan fingerprint density at radius 1 is 1.12 bits per heavy atom. The second kappa shape index (κ2) is 7.26. The highest BCUT2D eigenvalue weighted by Gasteiger charge is 2.08. The van der Waals surface area contributed by atoms with Crippen molar-refractivity contribution in [2.45, 2.75) is 6.54 Å². The molecule has 25 heavy (non-hydrogen) atoms. The smallest absolute Gasteiger partial charge is 0.319 e. The molecule has 0 saturated heterocycles. The number of carbonyl (C=O) groups is 1. The molecule has 0 saturated carbocycles.